The molecule has 10 heteroatoms. The molecule has 1 atom stereocenters. The number of H-pyrrole nitrogens is 1. The zero-order valence-electron chi connectivity index (χ0n) is 16.4. The zero-order chi connectivity index (χ0) is 21.4. The van der Waals surface area contributed by atoms with Crippen molar-refractivity contribution in [3.05, 3.63) is 77.9 Å². The molecule has 5 aromatic rings. The minimum absolute atomic E-state index is 0.00698. The van der Waals surface area contributed by atoms with Gasteiger partial charge in [0.2, 0.25) is 11.7 Å². The molecule has 0 saturated heterocycles. The van der Waals surface area contributed by atoms with E-state index in [0.29, 0.717) is 22.7 Å². The van der Waals surface area contributed by atoms with E-state index in [4.69, 9.17) is 4.52 Å². The smallest absolute Gasteiger partial charge is 0.296 e. The first-order valence-corrected chi connectivity index (χ1v) is 9.54. The van der Waals surface area contributed by atoms with Gasteiger partial charge in [-0.15, -0.1) is 0 Å². The van der Waals surface area contributed by atoms with Crippen LogP contribution in [0.5, 0.6) is 0 Å². The average Bonchev–Trinajstić information content (AvgIpc) is 3.50. The summed E-state index contributed by atoms with van der Waals surface area (Å²) in [4.78, 5) is 32.4. The Bertz CT molecular complexity index is 1380. The molecule has 154 valence electrons. The van der Waals surface area contributed by atoms with Crippen LogP contribution in [0.25, 0.3) is 16.6 Å². The molecule has 3 N–H and O–H groups in total. The first-order valence-electron chi connectivity index (χ1n) is 9.54. The maximum atomic E-state index is 12.7. The minimum atomic E-state index is -0.501. The molecule has 0 saturated carbocycles. The van der Waals surface area contributed by atoms with Crippen molar-refractivity contribution in [2.45, 2.75) is 13.0 Å². The van der Waals surface area contributed by atoms with Crippen LogP contribution in [-0.2, 0) is 0 Å². The summed E-state index contributed by atoms with van der Waals surface area (Å²) in [5.41, 5.74) is 3.09. The molecule has 0 radical (unpaired) electrons. The molecule has 31 heavy (non-hydrogen) atoms. The van der Waals surface area contributed by atoms with Crippen molar-refractivity contribution in [1.82, 2.24) is 30.1 Å². The van der Waals surface area contributed by atoms with Gasteiger partial charge >= 0.3 is 0 Å². The molecule has 0 aliphatic heterocycles. The van der Waals surface area contributed by atoms with E-state index < -0.39 is 11.9 Å². The topological polar surface area (TPSA) is 130 Å². The fraction of sp³-hybridized carbons (Fsp3) is 0.0952. The van der Waals surface area contributed by atoms with E-state index >= 15 is 0 Å². The van der Waals surface area contributed by atoms with Gasteiger partial charge < -0.3 is 14.8 Å². The van der Waals surface area contributed by atoms with Crippen LogP contribution in [0.2, 0.25) is 0 Å². The highest BCUT2D eigenvalue weighted by Crippen LogP contribution is 2.18. The largest absolute Gasteiger partial charge is 0.351 e. The second-order valence-corrected chi connectivity index (χ2v) is 6.96. The summed E-state index contributed by atoms with van der Waals surface area (Å²) in [6.45, 7) is 1.75. The predicted molar refractivity (Wildman–Crippen MR) is 112 cm³/mol. The monoisotopic (exact) mass is 415 g/mol. The highest BCUT2D eigenvalue weighted by Gasteiger charge is 2.21. The Hall–Kier alpha value is -4.47. The van der Waals surface area contributed by atoms with E-state index in [9.17, 15) is 9.59 Å². The normalized spacial score (nSPS) is 12.2. The van der Waals surface area contributed by atoms with Crippen LogP contribution in [0.4, 0.5) is 5.95 Å². The highest BCUT2D eigenvalue weighted by molar-refractivity contribution is 6.02. The molecule has 1 aromatic carbocycles. The van der Waals surface area contributed by atoms with Gasteiger partial charge in [0.15, 0.2) is 0 Å². The number of nitrogens with zero attached hydrogens (tertiary/aromatic N) is 4. The summed E-state index contributed by atoms with van der Waals surface area (Å²) in [5.74, 6) is -0.491. The summed E-state index contributed by atoms with van der Waals surface area (Å²) in [7, 11) is 0. The number of hydrogen-bond donors (Lipinski definition) is 3. The number of nitrogens with one attached hydrogen (secondary N) is 3. The maximum absolute atomic E-state index is 12.7. The SMILES string of the molecule is C[C@@H](NC(=O)c1cnn2ccccc12)c1cc(C(=O)Nc2nc3ccccc3[nH]2)on1. The van der Waals surface area contributed by atoms with Crippen LogP contribution in [-0.4, -0.2) is 36.6 Å². The molecule has 0 spiro atoms. The van der Waals surface area contributed by atoms with Crippen molar-refractivity contribution in [1.29, 1.82) is 0 Å². The standard InChI is InChI=1S/C21H17N7O3/c1-12(23-19(29)13-11-22-28-9-5-4-8-17(13)28)16-10-18(31-27-16)20(30)26-21-24-14-6-2-3-7-15(14)25-21/h2-12H,1H3,(H,23,29)(H2,24,25,26,30)/t12-/m1/s1. The Kier molecular flexibility index (Phi) is 4.43. The fourth-order valence-corrected chi connectivity index (χ4v) is 3.24. The van der Waals surface area contributed by atoms with Crippen molar-refractivity contribution >= 4 is 34.3 Å². The van der Waals surface area contributed by atoms with Crippen LogP contribution in [0.15, 0.2) is 65.4 Å². The molecule has 4 heterocycles. The van der Waals surface area contributed by atoms with E-state index in [0.717, 1.165) is 11.0 Å². The van der Waals surface area contributed by atoms with Gasteiger partial charge in [-0.3, -0.25) is 14.9 Å². The van der Waals surface area contributed by atoms with E-state index in [1.165, 1.54) is 12.3 Å². The second kappa shape index (κ2) is 7.41. The number of rotatable bonds is 5. The molecule has 0 bridgehead atoms. The molecule has 0 aliphatic carbocycles. The number of pyridine rings is 1. The van der Waals surface area contributed by atoms with Gasteiger partial charge in [0.25, 0.3) is 11.8 Å². The van der Waals surface area contributed by atoms with Crippen LogP contribution in [0.1, 0.15) is 39.6 Å². The van der Waals surface area contributed by atoms with Crippen LogP contribution in [0, 0.1) is 0 Å². The van der Waals surface area contributed by atoms with Crippen molar-refractivity contribution in [3.63, 3.8) is 0 Å². The van der Waals surface area contributed by atoms with E-state index in [1.54, 1.807) is 17.6 Å². The molecule has 0 unspecified atom stereocenters. The lowest BCUT2D eigenvalue weighted by Crippen LogP contribution is -2.26. The third-order valence-corrected chi connectivity index (χ3v) is 4.84. The van der Waals surface area contributed by atoms with Gasteiger partial charge in [0, 0.05) is 12.3 Å². The lowest BCUT2D eigenvalue weighted by atomic mass is 10.2. The number of hydrogen-bond acceptors (Lipinski definition) is 6. The molecule has 2 amide bonds. The molecular weight excluding hydrogens is 398 g/mol. The highest BCUT2D eigenvalue weighted by atomic mass is 16.5. The van der Waals surface area contributed by atoms with Crippen LogP contribution in [0.3, 0.4) is 0 Å². The molecule has 4 aromatic heterocycles. The third-order valence-electron chi connectivity index (χ3n) is 4.84. The number of carbonyl (C=O) groups excluding carboxylic acids is 2. The number of fused-ring (bicyclic) bond motifs is 2. The van der Waals surface area contributed by atoms with Crippen LogP contribution >= 0.6 is 0 Å². The summed E-state index contributed by atoms with van der Waals surface area (Å²) in [6.07, 6.45) is 3.27. The van der Waals surface area contributed by atoms with Crippen molar-refractivity contribution in [2.24, 2.45) is 0 Å². The number of aromatic amines is 1. The average molecular weight is 415 g/mol. The fourth-order valence-electron chi connectivity index (χ4n) is 3.24. The van der Waals surface area contributed by atoms with Gasteiger partial charge in [0.05, 0.1) is 34.4 Å². The summed E-state index contributed by atoms with van der Waals surface area (Å²) >= 11 is 0. The Labute approximate surface area is 175 Å². The first-order chi connectivity index (χ1) is 15.1. The Morgan fingerprint density at radius 2 is 1.97 bits per heavy atom. The quantitative estimate of drug-likeness (QED) is 0.405. The van der Waals surface area contributed by atoms with Crippen LogP contribution < -0.4 is 10.6 Å². The van der Waals surface area contributed by atoms with Gasteiger partial charge in [-0.1, -0.05) is 23.4 Å². The summed E-state index contributed by atoms with van der Waals surface area (Å²) in [5, 5.41) is 13.6. The zero-order valence-corrected chi connectivity index (χ0v) is 16.4. The van der Waals surface area contributed by atoms with Gasteiger partial charge in [-0.05, 0) is 31.2 Å². The summed E-state index contributed by atoms with van der Waals surface area (Å²) < 4.78 is 6.79. The summed E-state index contributed by atoms with van der Waals surface area (Å²) in [6, 6.07) is 13.9. The number of carbonyl (C=O) groups is 2. The number of amides is 2. The van der Waals surface area contributed by atoms with Crippen molar-refractivity contribution in [2.75, 3.05) is 5.32 Å². The molecule has 10 nitrogen and oxygen atoms in total. The van der Waals surface area contributed by atoms with Gasteiger partial charge in [-0.2, -0.15) is 5.10 Å². The number of benzene rings is 1. The molecule has 0 fully saturated rings. The van der Waals surface area contributed by atoms with Gasteiger partial charge in [-0.25, -0.2) is 9.50 Å². The lowest BCUT2D eigenvalue weighted by Gasteiger charge is -2.09. The Morgan fingerprint density at radius 3 is 2.84 bits per heavy atom. The Balaban J connectivity index is 1.28. The van der Waals surface area contributed by atoms with Gasteiger partial charge in [0.1, 0.15) is 5.69 Å². The minimum Gasteiger partial charge on any atom is -0.351 e. The van der Waals surface area contributed by atoms with Crippen molar-refractivity contribution < 1.29 is 14.1 Å². The second-order valence-electron chi connectivity index (χ2n) is 6.96. The molecule has 5 rings (SSSR count). The first kappa shape index (κ1) is 18.6. The van der Waals surface area contributed by atoms with E-state index in [2.05, 4.69) is 30.9 Å². The predicted octanol–water partition coefficient (Wildman–Crippen LogP) is 2.94. The molecular formula is C21H17N7O3. The van der Waals surface area contributed by atoms with Crippen molar-refractivity contribution in [3.8, 4) is 0 Å². The Morgan fingerprint density at radius 1 is 1.13 bits per heavy atom. The molecule has 0 aliphatic rings. The number of aromatic nitrogens is 5. The number of anilines is 1. The van der Waals surface area contributed by atoms with E-state index in [-0.39, 0.29) is 11.7 Å². The number of para-hydroxylation sites is 2. The maximum Gasteiger partial charge on any atom is 0.296 e. The lowest BCUT2D eigenvalue weighted by molar-refractivity contribution is 0.0937. The van der Waals surface area contributed by atoms with E-state index in [1.807, 2.05) is 42.5 Å². The number of imidazole rings is 1. The third kappa shape index (κ3) is 3.50.